The van der Waals surface area contributed by atoms with Crippen LogP contribution in [0.3, 0.4) is 0 Å². The second-order valence-corrected chi connectivity index (χ2v) is 4.33. The van der Waals surface area contributed by atoms with E-state index < -0.39 is 5.76 Å². The molecular weight excluding hydrogens is 220 g/mol. The Morgan fingerprint density at radius 3 is 2.94 bits per heavy atom. The van der Waals surface area contributed by atoms with Gasteiger partial charge >= 0.3 is 5.76 Å². The highest BCUT2D eigenvalue weighted by atomic mass is 16.4. The van der Waals surface area contributed by atoms with E-state index >= 15 is 0 Å². The molecule has 0 bridgehead atoms. The molecule has 90 valence electrons. The summed E-state index contributed by atoms with van der Waals surface area (Å²) in [7, 11) is 0. The van der Waals surface area contributed by atoms with Crippen LogP contribution in [0.1, 0.15) is 24.2 Å². The van der Waals surface area contributed by atoms with Gasteiger partial charge in [0.25, 0.3) is 5.91 Å². The molecule has 1 heterocycles. The van der Waals surface area contributed by atoms with Crippen molar-refractivity contribution in [3.63, 3.8) is 0 Å². The van der Waals surface area contributed by atoms with Crippen molar-refractivity contribution in [2.24, 2.45) is 5.92 Å². The van der Waals surface area contributed by atoms with Gasteiger partial charge in [0.1, 0.15) is 0 Å². The van der Waals surface area contributed by atoms with Crippen molar-refractivity contribution >= 4 is 17.0 Å². The maximum Gasteiger partial charge on any atom is 0.417 e. The van der Waals surface area contributed by atoms with Crippen LogP contribution in [-0.4, -0.2) is 17.4 Å². The molecule has 0 spiro atoms. The molecule has 1 amide bonds. The Morgan fingerprint density at radius 1 is 1.47 bits per heavy atom. The minimum atomic E-state index is -0.514. The molecule has 0 saturated heterocycles. The average Bonchev–Trinajstić information content (AvgIpc) is 2.64. The third kappa shape index (κ3) is 2.55. The number of fused-ring (bicyclic) bond motifs is 1. The Labute approximate surface area is 97.8 Å². The molecule has 0 aliphatic carbocycles. The van der Waals surface area contributed by atoms with E-state index in [2.05, 4.69) is 10.3 Å². The van der Waals surface area contributed by atoms with Crippen molar-refractivity contribution in [2.45, 2.75) is 13.8 Å². The van der Waals surface area contributed by atoms with Crippen LogP contribution in [-0.2, 0) is 0 Å². The zero-order chi connectivity index (χ0) is 12.4. The highest BCUT2D eigenvalue weighted by Gasteiger charge is 2.08. The first kappa shape index (κ1) is 11.4. The van der Waals surface area contributed by atoms with Crippen LogP contribution in [0.2, 0.25) is 0 Å². The summed E-state index contributed by atoms with van der Waals surface area (Å²) in [5.41, 5.74) is 1.48. The van der Waals surface area contributed by atoms with Gasteiger partial charge in [0.2, 0.25) is 0 Å². The van der Waals surface area contributed by atoms with Gasteiger partial charge in [-0.15, -0.1) is 0 Å². The largest absolute Gasteiger partial charge is 0.417 e. The topological polar surface area (TPSA) is 75.1 Å². The van der Waals surface area contributed by atoms with Crippen LogP contribution in [0.5, 0.6) is 0 Å². The maximum atomic E-state index is 11.8. The van der Waals surface area contributed by atoms with Gasteiger partial charge in [0.15, 0.2) is 5.58 Å². The zero-order valence-electron chi connectivity index (χ0n) is 9.74. The molecule has 0 fully saturated rings. The highest BCUT2D eigenvalue weighted by molar-refractivity contribution is 5.96. The normalized spacial score (nSPS) is 11.0. The quantitative estimate of drug-likeness (QED) is 0.845. The fraction of sp³-hybridized carbons (Fsp3) is 0.333. The molecule has 0 atom stereocenters. The summed E-state index contributed by atoms with van der Waals surface area (Å²) in [6.07, 6.45) is 0. The predicted molar refractivity (Wildman–Crippen MR) is 64.0 cm³/mol. The fourth-order valence-electron chi connectivity index (χ4n) is 1.49. The molecule has 2 aromatic rings. The highest BCUT2D eigenvalue weighted by Crippen LogP contribution is 2.12. The molecule has 0 aliphatic rings. The van der Waals surface area contributed by atoms with E-state index in [9.17, 15) is 9.59 Å². The minimum Gasteiger partial charge on any atom is -0.408 e. The van der Waals surface area contributed by atoms with Crippen molar-refractivity contribution in [1.29, 1.82) is 0 Å². The van der Waals surface area contributed by atoms with Crippen LogP contribution in [0.15, 0.2) is 27.4 Å². The maximum absolute atomic E-state index is 11.8. The van der Waals surface area contributed by atoms with Crippen molar-refractivity contribution in [1.82, 2.24) is 10.3 Å². The van der Waals surface area contributed by atoms with E-state index in [1.165, 1.54) is 0 Å². The number of rotatable bonds is 3. The molecule has 5 nitrogen and oxygen atoms in total. The monoisotopic (exact) mass is 234 g/mol. The summed E-state index contributed by atoms with van der Waals surface area (Å²) < 4.78 is 4.89. The number of nitrogens with one attached hydrogen (secondary N) is 2. The Morgan fingerprint density at radius 2 is 2.24 bits per heavy atom. The molecule has 17 heavy (non-hydrogen) atoms. The van der Waals surface area contributed by atoms with Gasteiger partial charge in [-0.05, 0) is 24.1 Å². The van der Waals surface area contributed by atoms with Crippen LogP contribution in [0.4, 0.5) is 0 Å². The van der Waals surface area contributed by atoms with Gasteiger partial charge in [-0.1, -0.05) is 13.8 Å². The fourth-order valence-corrected chi connectivity index (χ4v) is 1.49. The molecule has 2 rings (SSSR count). The summed E-state index contributed by atoms with van der Waals surface area (Å²) >= 11 is 0. The first-order chi connectivity index (χ1) is 8.06. The number of hydrogen-bond acceptors (Lipinski definition) is 3. The Balaban J connectivity index is 2.23. The van der Waals surface area contributed by atoms with E-state index in [0.29, 0.717) is 29.1 Å². The van der Waals surface area contributed by atoms with E-state index in [1.54, 1.807) is 18.2 Å². The molecule has 5 heteroatoms. The number of H-pyrrole nitrogens is 1. The van der Waals surface area contributed by atoms with Crippen LogP contribution in [0.25, 0.3) is 11.1 Å². The first-order valence-corrected chi connectivity index (χ1v) is 5.47. The van der Waals surface area contributed by atoms with Crippen molar-refractivity contribution < 1.29 is 9.21 Å². The third-order valence-corrected chi connectivity index (χ3v) is 2.35. The van der Waals surface area contributed by atoms with Gasteiger partial charge in [0, 0.05) is 12.1 Å². The molecule has 2 N–H and O–H groups in total. The van der Waals surface area contributed by atoms with E-state index in [4.69, 9.17) is 4.42 Å². The smallest absolute Gasteiger partial charge is 0.408 e. The standard InChI is InChI=1S/C12H14N2O3/c1-7(2)6-13-11(15)8-3-4-9-10(5-8)17-12(16)14-9/h3-5,7H,6H2,1-2H3,(H,13,15)(H,14,16). The summed E-state index contributed by atoms with van der Waals surface area (Å²) in [5, 5.41) is 2.80. The number of carbonyl (C=O) groups excluding carboxylic acids is 1. The van der Waals surface area contributed by atoms with Crippen LogP contribution < -0.4 is 11.1 Å². The van der Waals surface area contributed by atoms with Gasteiger partial charge in [-0.3, -0.25) is 9.78 Å². The summed E-state index contributed by atoms with van der Waals surface area (Å²) in [6.45, 7) is 4.66. The number of hydrogen-bond donors (Lipinski definition) is 2. The lowest BCUT2D eigenvalue weighted by atomic mass is 10.1. The minimum absolute atomic E-state index is 0.163. The number of amides is 1. The van der Waals surface area contributed by atoms with Gasteiger partial charge < -0.3 is 9.73 Å². The van der Waals surface area contributed by atoms with Gasteiger partial charge in [-0.2, -0.15) is 0 Å². The lowest BCUT2D eigenvalue weighted by Gasteiger charge is -2.07. The SMILES string of the molecule is CC(C)CNC(=O)c1ccc2[nH]c(=O)oc2c1. The summed E-state index contributed by atoms with van der Waals surface area (Å²) in [5.74, 6) is -0.281. The van der Waals surface area contributed by atoms with E-state index in [0.717, 1.165) is 0 Å². The molecule has 0 saturated carbocycles. The van der Waals surface area contributed by atoms with Crippen LogP contribution >= 0.6 is 0 Å². The molecular formula is C12H14N2O3. The molecule has 1 aromatic carbocycles. The first-order valence-electron chi connectivity index (χ1n) is 5.47. The van der Waals surface area contributed by atoms with Crippen molar-refractivity contribution in [3.05, 3.63) is 34.3 Å². The average molecular weight is 234 g/mol. The summed E-state index contributed by atoms with van der Waals surface area (Å²) in [6, 6.07) is 4.87. The van der Waals surface area contributed by atoms with E-state index in [1.807, 2.05) is 13.8 Å². The molecule has 0 unspecified atom stereocenters. The second-order valence-electron chi connectivity index (χ2n) is 4.33. The summed E-state index contributed by atoms with van der Waals surface area (Å²) in [4.78, 5) is 25.2. The third-order valence-electron chi connectivity index (χ3n) is 2.35. The Hall–Kier alpha value is -2.04. The Kier molecular flexibility index (Phi) is 2.99. The number of benzene rings is 1. The Bertz CT molecular complexity index is 595. The van der Waals surface area contributed by atoms with Crippen molar-refractivity contribution in [3.8, 4) is 0 Å². The number of oxazole rings is 1. The van der Waals surface area contributed by atoms with Gasteiger partial charge in [-0.25, -0.2) is 4.79 Å². The molecule has 0 radical (unpaired) electrons. The van der Waals surface area contributed by atoms with Gasteiger partial charge in [0.05, 0.1) is 5.52 Å². The number of aromatic amines is 1. The number of aromatic nitrogens is 1. The van der Waals surface area contributed by atoms with E-state index in [-0.39, 0.29) is 5.91 Å². The van der Waals surface area contributed by atoms with Crippen LogP contribution in [0, 0.1) is 5.92 Å². The predicted octanol–water partition coefficient (Wildman–Crippen LogP) is 1.51. The second kappa shape index (κ2) is 4.45. The number of carbonyl (C=O) groups is 1. The zero-order valence-corrected chi connectivity index (χ0v) is 9.74. The van der Waals surface area contributed by atoms with Crippen molar-refractivity contribution in [2.75, 3.05) is 6.54 Å². The molecule has 0 aliphatic heterocycles. The molecule has 1 aromatic heterocycles. The lowest BCUT2D eigenvalue weighted by Crippen LogP contribution is -2.27. The lowest BCUT2D eigenvalue weighted by molar-refractivity contribution is 0.0949.